The third kappa shape index (κ3) is 2.69. The summed E-state index contributed by atoms with van der Waals surface area (Å²) in [6.45, 7) is 0.382. The lowest BCUT2D eigenvalue weighted by Gasteiger charge is -2.25. The minimum atomic E-state index is -0.600. The van der Waals surface area contributed by atoms with Gasteiger partial charge in [0.15, 0.2) is 0 Å². The summed E-state index contributed by atoms with van der Waals surface area (Å²) in [5.74, 6) is -0.663. The van der Waals surface area contributed by atoms with Crippen molar-refractivity contribution in [1.82, 2.24) is 0 Å². The van der Waals surface area contributed by atoms with Crippen LogP contribution in [-0.2, 0) is 15.9 Å². The minimum Gasteiger partial charge on any atom is -0.483 e. The Morgan fingerprint density at radius 2 is 2.26 bits per heavy atom. The maximum Gasteiger partial charge on any atom is 0.341 e. The van der Waals surface area contributed by atoms with Crippen LogP contribution in [0.1, 0.15) is 15.9 Å². The van der Waals surface area contributed by atoms with E-state index in [-0.39, 0.29) is 5.56 Å². The molecule has 4 nitrogen and oxygen atoms in total. The molecule has 104 valence electrons. The molecule has 1 aromatic carbocycles. The van der Waals surface area contributed by atoms with Gasteiger partial charge in [-0.15, -0.1) is 0 Å². The highest BCUT2D eigenvalue weighted by Crippen LogP contribution is 2.40. The number of carbonyl (C=O) groups excluding carboxylic acids is 1. The standard InChI is InChI=1S/C13H14FIO4/c1-17-7-13(6-15)5-8-3-9(14)4-10(11(8)19-13)12(16)18-2/h3-4H,5-7H2,1-2H3. The molecular weight excluding hydrogens is 366 g/mol. The van der Waals surface area contributed by atoms with Gasteiger partial charge in [0.05, 0.1) is 13.7 Å². The smallest absolute Gasteiger partial charge is 0.341 e. The first-order chi connectivity index (χ1) is 9.05. The third-order valence-electron chi connectivity index (χ3n) is 3.02. The van der Waals surface area contributed by atoms with Crippen molar-refractivity contribution >= 4 is 28.6 Å². The molecule has 0 N–H and O–H groups in total. The highest BCUT2D eigenvalue weighted by Gasteiger charge is 2.41. The molecule has 1 aliphatic rings. The van der Waals surface area contributed by atoms with Crippen molar-refractivity contribution < 1.29 is 23.4 Å². The molecule has 1 unspecified atom stereocenters. The molecule has 6 heteroatoms. The minimum absolute atomic E-state index is 0.125. The van der Waals surface area contributed by atoms with Crippen LogP contribution in [0.25, 0.3) is 0 Å². The topological polar surface area (TPSA) is 44.8 Å². The molecule has 0 saturated heterocycles. The molecular formula is C13H14FIO4. The summed E-state index contributed by atoms with van der Waals surface area (Å²) in [4.78, 5) is 11.7. The normalized spacial score (nSPS) is 20.8. The van der Waals surface area contributed by atoms with Gasteiger partial charge in [-0.3, -0.25) is 0 Å². The van der Waals surface area contributed by atoms with E-state index >= 15 is 0 Å². The van der Waals surface area contributed by atoms with Crippen molar-refractivity contribution in [2.24, 2.45) is 0 Å². The number of benzene rings is 1. The first-order valence-corrected chi connectivity index (χ1v) is 7.22. The highest BCUT2D eigenvalue weighted by molar-refractivity contribution is 14.1. The zero-order valence-corrected chi connectivity index (χ0v) is 12.8. The SMILES string of the molecule is COCC1(CI)Cc2cc(F)cc(C(=O)OC)c2O1. The summed E-state index contributed by atoms with van der Waals surface area (Å²) < 4.78 is 30.0. The van der Waals surface area contributed by atoms with E-state index < -0.39 is 17.4 Å². The van der Waals surface area contributed by atoms with Crippen LogP contribution in [0.2, 0.25) is 0 Å². The molecule has 1 aromatic rings. The number of hydrogen-bond acceptors (Lipinski definition) is 4. The van der Waals surface area contributed by atoms with E-state index in [1.807, 2.05) is 0 Å². The van der Waals surface area contributed by atoms with Gasteiger partial charge in [0.1, 0.15) is 22.7 Å². The van der Waals surface area contributed by atoms with Crippen molar-refractivity contribution in [3.63, 3.8) is 0 Å². The average molecular weight is 380 g/mol. The molecule has 0 spiro atoms. The molecule has 0 radical (unpaired) electrons. The predicted octanol–water partition coefficient (Wildman–Crippen LogP) is 2.37. The molecule has 0 fully saturated rings. The number of methoxy groups -OCH3 is 2. The van der Waals surface area contributed by atoms with Crippen LogP contribution in [-0.4, -0.2) is 36.8 Å². The number of fused-ring (bicyclic) bond motifs is 1. The Hall–Kier alpha value is -0.890. The lowest BCUT2D eigenvalue weighted by Crippen LogP contribution is -2.41. The summed E-state index contributed by atoms with van der Waals surface area (Å²) in [6, 6.07) is 2.53. The summed E-state index contributed by atoms with van der Waals surface area (Å²) in [5.41, 5.74) is 0.253. The van der Waals surface area contributed by atoms with E-state index in [0.717, 1.165) is 6.07 Å². The van der Waals surface area contributed by atoms with Gasteiger partial charge in [-0.25, -0.2) is 9.18 Å². The Labute approximate surface area is 124 Å². The Kier molecular flexibility index (Phi) is 4.29. The second-order valence-corrected chi connectivity index (χ2v) is 5.22. The van der Waals surface area contributed by atoms with Crippen LogP contribution in [0.15, 0.2) is 12.1 Å². The zero-order valence-electron chi connectivity index (χ0n) is 10.7. The van der Waals surface area contributed by atoms with Crippen molar-refractivity contribution in [3.05, 3.63) is 29.1 Å². The van der Waals surface area contributed by atoms with Crippen LogP contribution < -0.4 is 4.74 Å². The molecule has 0 amide bonds. The maximum absolute atomic E-state index is 13.6. The summed E-state index contributed by atoms with van der Waals surface area (Å²) in [5, 5.41) is 0. The second kappa shape index (κ2) is 5.62. The second-order valence-electron chi connectivity index (χ2n) is 4.46. The van der Waals surface area contributed by atoms with Crippen LogP contribution >= 0.6 is 22.6 Å². The molecule has 1 atom stereocenters. The van der Waals surface area contributed by atoms with E-state index in [2.05, 4.69) is 27.3 Å². The van der Waals surface area contributed by atoms with Crippen LogP contribution in [0.5, 0.6) is 5.75 Å². The first kappa shape index (κ1) is 14.5. The van der Waals surface area contributed by atoms with Gasteiger partial charge in [0, 0.05) is 23.5 Å². The largest absolute Gasteiger partial charge is 0.483 e. The highest BCUT2D eigenvalue weighted by atomic mass is 127. The average Bonchev–Trinajstić information content (AvgIpc) is 2.76. The monoisotopic (exact) mass is 380 g/mol. The fraction of sp³-hybridized carbons (Fsp3) is 0.462. The Morgan fingerprint density at radius 1 is 1.53 bits per heavy atom. The van der Waals surface area contributed by atoms with E-state index in [1.165, 1.54) is 13.2 Å². The van der Waals surface area contributed by atoms with E-state index in [1.54, 1.807) is 7.11 Å². The number of esters is 1. The molecule has 1 aliphatic heterocycles. The number of alkyl halides is 1. The fourth-order valence-electron chi connectivity index (χ4n) is 2.22. The lowest BCUT2D eigenvalue weighted by molar-refractivity contribution is 0.0249. The van der Waals surface area contributed by atoms with Crippen molar-refractivity contribution in [2.75, 3.05) is 25.3 Å². The molecule has 1 heterocycles. The summed E-state index contributed by atoms with van der Waals surface area (Å²) >= 11 is 2.20. The van der Waals surface area contributed by atoms with Gasteiger partial charge in [-0.2, -0.15) is 0 Å². The maximum atomic E-state index is 13.6. The van der Waals surface area contributed by atoms with E-state index in [4.69, 9.17) is 9.47 Å². The Bertz CT molecular complexity index is 506. The number of rotatable bonds is 4. The molecule has 0 aliphatic carbocycles. The number of ether oxygens (including phenoxy) is 3. The fourth-order valence-corrected chi connectivity index (χ4v) is 2.87. The number of hydrogen-bond donors (Lipinski definition) is 0. The van der Waals surface area contributed by atoms with Crippen molar-refractivity contribution in [2.45, 2.75) is 12.0 Å². The molecule has 2 rings (SSSR count). The summed E-state index contributed by atoms with van der Waals surface area (Å²) in [6.07, 6.45) is 0.515. The van der Waals surface area contributed by atoms with Gasteiger partial charge in [0.25, 0.3) is 0 Å². The van der Waals surface area contributed by atoms with Gasteiger partial charge in [-0.1, -0.05) is 22.6 Å². The van der Waals surface area contributed by atoms with E-state index in [0.29, 0.717) is 28.8 Å². The van der Waals surface area contributed by atoms with Crippen LogP contribution in [0.4, 0.5) is 4.39 Å². The number of carbonyl (C=O) groups is 1. The van der Waals surface area contributed by atoms with Gasteiger partial charge >= 0.3 is 5.97 Å². The first-order valence-electron chi connectivity index (χ1n) is 5.70. The number of halogens is 2. The summed E-state index contributed by atoms with van der Waals surface area (Å²) in [7, 11) is 2.84. The van der Waals surface area contributed by atoms with E-state index in [9.17, 15) is 9.18 Å². The van der Waals surface area contributed by atoms with Gasteiger partial charge in [-0.05, 0) is 12.1 Å². The Morgan fingerprint density at radius 3 is 2.84 bits per heavy atom. The molecule has 19 heavy (non-hydrogen) atoms. The molecule has 0 saturated carbocycles. The van der Waals surface area contributed by atoms with Crippen LogP contribution in [0.3, 0.4) is 0 Å². The van der Waals surface area contributed by atoms with Crippen LogP contribution in [0, 0.1) is 5.82 Å². The zero-order chi connectivity index (χ0) is 14.0. The molecule has 0 aromatic heterocycles. The predicted molar refractivity (Wildman–Crippen MR) is 75.6 cm³/mol. The van der Waals surface area contributed by atoms with Gasteiger partial charge in [0.2, 0.25) is 0 Å². The van der Waals surface area contributed by atoms with Crippen molar-refractivity contribution in [1.29, 1.82) is 0 Å². The lowest BCUT2D eigenvalue weighted by atomic mass is 9.99. The van der Waals surface area contributed by atoms with Gasteiger partial charge < -0.3 is 14.2 Å². The molecule has 0 bridgehead atoms. The Balaban J connectivity index is 2.44. The van der Waals surface area contributed by atoms with Crippen molar-refractivity contribution in [3.8, 4) is 5.75 Å². The quantitative estimate of drug-likeness (QED) is 0.457. The third-order valence-corrected chi connectivity index (χ3v) is 4.41.